The molecular weight excluding hydrogens is 528 g/mol. The van der Waals surface area contributed by atoms with E-state index in [4.69, 9.17) is 11.5 Å². The molecule has 0 spiro atoms. The smallest absolute Gasteiger partial charge is 0.255 e. The number of hydrogen-bond acceptors (Lipinski definition) is 10. The van der Waals surface area contributed by atoms with E-state index in [1.54, 1.807) is 20.2 Å². The Bertz CT molecular complexity index is 1560. The van der Waals surface area contributed by atoms with E-state index in [9.17, 15) is 34.8 Å². The second kappa shape index (κ2) is 9.72. The lowest BCUT2D eigenvalue weighted by atomic mass is 9.57. The number of primary amides is 1. The maximum Gasteiger partial charge on any atom is 0.255 e. The van der Waals surface area contributed by atoms with Crippen LogP contribution < -0.4 is 16.4 Å². The van der Waals surface area contributed by atoms with Gasteiger partial charge >= 0.3 is 0 Å². The number of carbonyl (C=O) groups is 3. The number of carbonyl (C=O) groups excluding carboxylic acids is 3. The standard InChI is InChI=1S/C30H34N4O7/c1-33(2)16-7-5-13(6-8-16)17-10-15(12-31)24(35)21-18(17)9-14-11-19-23(34(3)4)26(37)22(29(32)40)28(39)30(19,41)27(38)20(14)25(21)36/h5-8,10,14,19,23,35-36,39,41H,9,11-12,31H2,1-4H3,(H2,32,40)/t14-,19-,23-,30+/m1/s1. The lowest BCUT2D eigenvalue weighted by Gasteiger charge is -2.50. The number of aliphatic hydroxyl groups excluding tert-OH is 2. The molecule has 5 rings (SSSR count). The van der Waals surface area contributed by atoms with Crippen molar-refractivity contribution in [2.24, 2.45) is 23.3 Å². The number of aromatic hydroxyl groups is 1. The zero-order chi connectivity index (χ0) is 30.1. The molecule has 3 aliphatic carbocycles. The molecule has 11 heteroatoms. The summed E-state index contributed by atoms with van der Waals surface area (Å²) in [5, 5.41) is 45.5. The Morgan fingerprint density at radius 2 is 1.71 bits per heavy atom. The number of fused-ring (bicyclic) bond motifs is 3. The van der Waals surface area contributed by atoms with Gasteiger partial charge < -0.3 is 36.8 Å². The largest absolute Gasteiger partial charge is 0.508 e. The molecule has 216 valence electrons. The first-order chi connectivity index (χ1) is 19.2. The van der Waals surface area contributed by atoms with Crippen LogP contribution in [-0.2, 0) is 27.3 Å². The molecule has 0 heterocycles. The van der Waals surface area contributed by atoms with Crippen LogP contribution >= 0.6 is 0 Å². The van der Waals surface area contributed by atoms with Crippen LogP contribution in [0.25, 0.3) is 16.9 Å². The van der Waals surface area contributed by atoms with E-state index in [1.807, 2.05) is 43.3 Å². The molecule has 8 N–H and O–H groups in total. The van der Waals surface area contributed by atoms with E-state index in [2.05, 4.69) is 0 Å². The van der Waals surface area contributed by atoms with Crippen LogP contribution in [-0.4, -0.2) is 82.6 Å². The number of rotatable bonds is 5. The van der Waals surface area contributed by atoms with Crippen LogP contribution in [0, 0.1) is 11.8 Å². The van der Waals surface area contributed by atoms with Gasteiger partial charge in [0.1, 0.15) is 22.8 Å². The molecule has 4 atom stereocenters. The number of hydrogen-bond donors (Lipinski definition) is 6. The van der Waals surface area contributed by atoms with Crippen molar-refractivity contribution in [2.75, 3.05) is 33.1 Å². The van der Waals surface area contributed by atoms with Crippen molar-refractivity contribution in [1.29, 1.82) is 0 Å². The van der Waals surface area contributed by atoms with E-state index in [0.29, 0.717) is 16.7 Å². The predicted octanol–water partition coefficient (Wildman–Crippen LogP) is 1.16. The monoisotopic (exact) mass is 562 g/mol. The van der Waals surface area contributed by atoms with E-state index in [1.165, 1.54) is 4.90 Å². The summed E-state index contributed by atoms with van der Waals surface area (Å²) in [6, 6.07) is 8.33. The number of Topliss-reactive ketones (excluding diaryl/α,β-unsaturated/α-hetero) is 2. The summed E-state index contributed by atoms with van der Waals surface area (Å²) in [6.45, 7) is -0.0496. The van der Waals surface area contributed by atoms with Gasteiger partial charge in [-0.15, -0.1) is 0 Å². The molecule has 2 aromatic rings. The molecule has 11 nitrogen and oxygen atoms in total. The number of benzene rings is 2. The first kappa shape index (κ1) is 28.3. The van der Waals surface area contributed by atoms with Crippen LogP contribution in [0.1, 0.15) is 23.1 Å². The third-order valence-corrected chi connectivity index (χ3v) is 8.71. The van der Waals surface area contributed by atoms with Gasteiger partial charge in [-0.1, -0.05) is 12.1 Å². The number of ketones is 2. The molecule has 3 aliphatic rings. The second-order valence-electron chi connectivity index (χ2n) is 11.4. The first-order valence-corrected chi connectivity index (χ1v) is 13.3. The molecule has 1 amide bonds. The van der Waals surface area contributed by atoms with Crippen LogP contribution in [0.3, 0.4) is 0 Å². The van der Waals surface area contributed by atoms with Gasteiger partial charge in [0.05, 0.1) is 11.6 Å². The Hall–Kier alpha value is -4.19. The summed E-state index contributed by atoms with van der Waals surface area (Å²) >= 11 is 0. The minimum absolute atomic E-state index is 0.0180. The van der Waals surface area contributed by atoms with Gasteiger partial charge in [0.15, 0.2) is 11.4 Å². The van der Waals surface area contributed by atoms with Gasteiger partial charge in [-0.2, -0.15) is 0 Å². The molecule has 2 aromatic carbocycles. The molecule has 0 aromatic heterocycles. The summed E-state index contributed by atoms with van der Waals surface area (Å²) in [5.74, 6) is -6.86. The number of aliphatic hydroxyl groups is 3. The third-order valence-electron chi connectivity index (χ3n) is 8.71. The van der Waals surface area contributed by atoms with Crippen LogP contribution in [0.15, 0.2) is 47.2 Å². The Balaban J connectivity index is 1.75. The lowest BCUT2D eigenvalue weighted by molar-refractivity contribution is -0.153. The predicted molar refractivity (Wildman–Crippen MR) is 152 cm³/mol. The average Bonchev–Trinajstić information content (AvgIpc) is 2.90. The SMILES string of the molecule is CN(C)c1ccc(-c2cc(CN)c(O)c3c2C[C@@H]2C[C@@H]4[C@@H](N(C)C)C(=O)C(C(N)=O)=C(O)[C@@]4(O)C(=O)C2=C3O)cc1. The van der Waals surface area contributed by atoms with E-state index >= 15 is 0 Å². The number of amides is 1. The molecular formula is C30H34N4O7. The maximum absolute atomic E-state index is 14.1. The Kier molecular flexibility index (Phi) is 6.72. The zero-order valence-electron chi connectivity index (χ0n) is 23.3. The summed E-state index contributed by atoms with van der Waals surface area (Å²) < 4.78 is 0. The topological polar surface area (TPSA) is 191 Å². The molecule has 41 heavy (non-hydrogen) atoms. The summed E-state index contributed by atoms with van der Waals surface area (Å²) in [5.41, 5.74) is 11.0. The molecule has 0 saturated heterocycles. The third kappa shape index (κ3) is 3.95. The van der Waals surface area contributed by atoms with Crippen molar-refractivity contribution >= 4 is 28.9 Å². The minimum atomic E-state index is -2.68. The highest BCUT2D eigenvalue weighted by Gasteiger charge is 2.64. The molecule has 0 aliphatic heterocycles. The number of nitrogens with zero attached hydrogens (tertiary/aromatic N) is 2. The van der Waals surface area contributed by atoms with Crippen molar-refractivity contribution in [3.05, 3.63) is 63.9 Å². The molecule has 0 radical (unpaired) electrons. The number of phenols is 1. The summed E-state index contributed by atoms with van der Waals surface area (Å²) in [7, 11) is 6.97. The van der Waals surface area contributed by atoms with Crippen molar-refractivity contribution < 1.29 is 34.8 Å². The van der Waals surface area contributed by atoms with Crippen molar-refractivity contribution in [3.8, 4) is 16.9 Å². The van der Waals surface area contributed by atoms with Gasteiger partial charge in [-0.05, 0) is 67.7 Å². The number of nitrogens with two attached hydrogens (primary N) is 2. The fourth-order valence-corrected chi connectivity index (χ4v) is 6.72. The maximum atomic E-state index is 14.1. The van der Waals surface area contributed by atoms with Crippen LogP contribution in [0.5, 0.6) is 5.75 Å². The minimum Gasteiger partial charge on any atom is -0.508 e. The van der Waals surface area contributed by atoms with Gasteiger partial charge in [-0.25, -0.2) is 0 Å². The van der Waals surface area contributed by atoms with Crippen molar-refractivity contribution in [2.45, 2.75) is 31.0 Å². The Morgan fingerprint density at radius 3 is 2.24 bits per heavy atom. The molecule has 1 saturated carbocycles. The van der Waals surface area contributed by atoms with E-state index in [-0.39, 0.29) is 36.3 Å². The molecule has 1 fully saturated rings. The van der Waals surface area contributed by atoms with E-state index < -0.39 is 58.0 Å². The van der Waals surface area contributed by atoms with Crippen LogP contribution in [0.2, 0.25) is 0 Å². The quantitative estimate of drug-likeness (QED) is 0.288. The summed E-state index contributed by atoms with van der Waals surface area (Å²) in [4.78, 5) is 42.9. The number of anilines is 1. The fourth-order valence-electron chi connectivity index (χ4n) is 6.72. The molecule has 0 bridgehead atoms. The van der Waals surface area contributed by atoms with Gasteiger partial charge in [-0.3, -0.25) is 19.3 Å². The highest BCUT2D eigenvalue weighted by atomic mass is 16.3. The van der Waals surface area contributed by atoms with E-state index in [0.717, 1.165) is 11.3 Å². The first-order valence-electron chi connectivity index (χ1n) is 13.3. The van der Waals surface area contributed by atoms with Gasteiger partial charge in [0, 0.05) is 43.4 Å². The highest BCUT2D eigenvalue weighted by molar-refractivity contribution is 6.24. The van der Waals surface area contributed by atoms with Crippen LogP contribution in [0.4, 0.5) is 5.69 Å². The Labute approximate surface area is 237 Å². The number of likely N-dealkylation sites (N-methyl/N-ethyl adjacent to an activating group) is 1. The van der Waals surface area contributed by atoms with Crippen molar-refractivity contribution in [3.63, 3.8) is 0 Å². The van der Waals surface area contributed by atoms with Gasteiger partial charge in [0.25, 0.3) is 5.91 Å². The molecule has 0 unspecified atom stereocenters. The Morgan fingerprint density at radius 1 is 1.07 bits per heavy atom. The second-order valence-corrected chi connectivity index (χ2v) is 11.4. The van der Waals surface area contributed by atoms with Gasteiger partial charge in [0.2, 0.25) is 5.78 Å². The normalized spacial score (nSPS) is 25.7. The fraction of sp³-hybridized carbons (Fsp3) is 0.367. The number of phenolic OH excluding ortho intramolecular Hbond substituents is 1. The summed E-state index contributed by atoms with van der Waals surface area (Å²) in [6.07, 6.45) is 0.210. The highest BCUT2D eigenvalue weighted by Crippen LogP contribution is 2.54. The lowest BCUT2D eigenvalue weighted by Crippen LogP contribution is -2.65. The zero-order valence-corrected chi connectivity index (χ0v) is 23.3. The van der Waals surface area contributed by atoms with Crippen molar-refractivity contribution in [1.82, 2.24) is 4.90 Å². The average molecular weight is 563 g/mol.